The third kappa shape index (κ3) is 12.5. The molecule has 0 aliphatic rings. The maximum Gasteiger partial charge on any atom is 0.359 e. The largest absolute Gasteiger partial charge is 0.477 e. The predicted octanol–water partition coefficient (Wildman–Crippen LogP) is -2.92. The Balaban J connectivity index is 0. The summed E-state index contributed by atoms with van der Waals surface area (Å²) in [6, 6.07) is 0. The van der Waals surface area contributed by atoms with Gasteiger partial charge in [0.15, 0.2) is 26.2 Å². The van der Waals surface area contributed by atoms with Crippen LogP contribution < -0.4 is 5.73 Å². The lowest BCUT2D eigenvalue weighted by Crippen LogP contribution is -2.58. The number of aliphatic hydroxyl groups excluding tert-OH is 1. The van der Waals surface area contributed by atoms with Gasteiger partial charge in [-0.25, -0.2) is 19.2 Å². The van der Waals surface area contributed by atoms with Gasteiger partial charge in [-0.2, -0.15) is 0 Å². The number of quaternary nitrogens is 1. The van der Waals surface area contributed by atoms with E-state index in [2.05, 4.69) is 0 Å². The minimum atomic E-state index is -1.46. The van der Waals surface area contributed by atoms with Gasteiger partial charge in [0.25, 0.3) is 0 Å². The Morgan fingerprint density at radius 2 is 0.905 bits per heavy atom. The molecule has 0 aliphatic carbocycles. The Bertz CT molecular complexity index is 311. The third-order valence-corrected chi connectivity index (χ3v) is 2.01. The number of aliphatic hydroxyl groups is 1. The van der Waals surface area contributed by atoms with Gasteiger partial charge in [-0.05, 0) is 0 Å². The average Bonchev–Trinajstić information content (AvgIpc) is 2.24. The summed E-state index contributed by atoms with van der Waals surface area (Å²) in [5.74, 6) is -5.86. The second kappa shape index (κ2) is 10.5. The molecule has 0 unspecified atom stereocenters. The molecule has 7 N–H and O–H groups in total. The Kier molecular flexibility index (Phi) is 10.6. The smallest absolute Gasteiger partial charge is 0.359 e. The second-order valence-corrected chi connectivity index (χ2v) is 4.06. The van der Waals surface area contributed by atoms with Gasteiger partial charge in [-0.15, -0.1) is 0 Å². The number of nitrogens with zero attached hydrogens (tertiary/aromatic N) is 1. The Morgan fingerprint density at radius 1 is 0.714 bits per heavy atom. The van der Waals surface area contributed by atoms with Crippen LogP contribution in [0.3, 0.4) is 0 Å². The Hall–Kier alpha value is -2.24. The van der Waals surface area contributed by atoms with E-state index in [1.165, 1.54) is 0 Å². The van der Waals surface area contributed by atoms with Crippen molar-refractivity contribution in [3.05, 3.63) is 0 Å². The molecular formula is C10H19N2O9+. The predicted molar refractivity (Wildman–Crippen MR) is 66.4 cm³/mol. The van der Waals surface area contributed by atoms with Gasteiger partial charge in [0.2, 0.25) is 0 Å². The molecule has 0 fully saturated rings. The van der Waals surface area contributed by atoms with Crippen LogP contribution in [-0.2, 0) is 19.2 Å². The van der Waals surface area contributed by atoms with Crippen LogP contribution >= 0.6 is 0 Å². The maximum absolute atomic E-state index is 10.6. The molecule has 0 heterocycles. The molecule has 0 aromatic carbocycles. The van der Waals surface area contributed by atoms with Gasteiger partial charge in [0.05, 0.1) is 6.61 Å². The van der Waals surface area contributed by atoms with Crippen LogP contribution in [0.2, 0.25) is 0 Å². The molecular weight excluding hydrogens is 292 g/mol. The molecule has 0 aliphatic heterocycles. The molecule has 0 spiro atoms. The van der Waals surface area contributed by atoms with Gasteiger partial charge in [0, 0.05) is 6.54 Å². The summed E-state index contributed by atoms with van der Waals surface area (Å²) in [4.78, 5) is 42.3. The highest BCUT2D eigenvalue weighted by Crippen LogP contribution is 2.07. The minimum absolute atomic E-state index is 0.0972. The molecule has 21 heavy (non-hydrogen) atoms. The van der Waals surface area contributed by atoms with Crippen LogP contribution in [0, 0.1) is 0 Å². The van der Waals surface area contributed by atoms with E-state index in [9.17, 15) is 19.2 Å². The van der Waals surface area contributed by atoms with E-state index in [0.29, 0.717) is 6.54 Å². The second-order valence-electron chi connectivity index (χ2n) is 4.06. The highest BCUT2D eigenvalue weighted by Gasteiger charge is 2.38. The zero-order chi connectivity index (χ0) is 17.1. The minimum Gasteiger partial charge on any atom is -0.477 e. The van der Waals surface area contributed by atoms with Crippen LogP contribution in [-0.4, -0.2) is 93.2 Å². The van der Waals surface area contributed by atoms with Crippen molar-refractivity contribution < 1.29 is 49.2 Å². The number of carboxylic acids is 4. The first-order valence-corrected chi connectivity index (χ1v) is 5.61. The first-order chi connectivity index (χ1) is 9.58. The van der Waals surface area contributed by atoms with Crippen molar-refractivity contribution in [1.29, 1.82) is 0 Å². The molecule has 0 saturated heterocycles. The van der Waals surface area contributed by atoms with Crippen molar-refractivity contribution >= 4 is 23.9 Å². The fraction of sp³-hybridized carbons (Fsp3) is 0.600. The van der Waals surface area contributed by atoms with E-state index >= 15 is 0 Å². The lowest BCUT2D eigenvalue weighted by atomic mass is 10.3. The molecule has 0 aromatic heterocycles. The molecule has 0 aromatic rings. The maximum atomic E-state index is 10.6. The molecule has 11 nitrogen and oxygen atoms in total. The number of aliphatic carboxylic acids is 4. The van der Waals surface area contributed by atoms with Crippen molar-refractivity contribution in [3.63, 3.8) is 0 Å². The standard InChI is InChI=1S/C8H11NO8.C2H7NO/c10-5(11)1-9(2-6(12)13,3-7(14)15)4-8(16)17;3-1-2-4/h1-4H2,(H3-,10,11,12,13,14,15,16,17);4H,1-3H2/p+1. The molecule has 0 saturated carbocycles. The average molecular weight is 311 g/mol. The fourth-order valence-electron chi connectivity index (χ4n) is 1.48. The number of carboxylic acid groups (broad SMARTS) is 4. The molecule has 0 rings (SSSR count). The first-order valence-electron chi connectivity index (χ1n) is 5.61. The number of nitrogens with two attached hydrogens (primary N) is 1. The summed E-state index contributed by atoms with van der Waals surface area (Å²) in [7, 11) is 0. The molecule has 0 bridgehead atoms. The van der Waals surface area contributed by atoms with Crippen LogP contribution in [0.25, 0.3) is 0 Å². The van der Waals surface area contributed by atoms with E-state index in [-0.39, 0.29) is 6.61 Å². The molecule has 11 heteroatoms. The van der Waals surface area contributed by atoms with Crippen molar-refractivity contribution in [2.24, 2.45) is 5.73 Å². The van der Waals surface area contributed by atoms with Crippen LogP contribution in [0.15, 0.2) is 0 Å². The van der Waals surface area contributed by atoms with E-state index in [4.69, 9.17) is 31.3 Å². The van der Waals surface area contributed by atoms with Crippen molar-refractivity contribution in [3.8, 4) is 0 Å². The lowest BCUT2D eigenvalue weighted by Gasteiger charge is -2.32. The Morgan fingerprint density at radius 3 is 1.00 bits per heavy atom. The summed E-state index contributed by atoms with van der Waals surface area (Å²) in [5.41, 5.74) is 4.78. The fourth-order valence-corrected chi connectivity index (χ4v) is 1.48. The number of carbonyl (C=O) groups is 4. The monoisotopic (exact) mass is 311 g/mol. The SMILES string of the molecule is NCCO.O=C(O)C[N+](CC(=O)O)(CC(=O)O)CC(=O)O. The van der Waals surface area contributed by atoms with E-state index in [1.54, 1.807) is 0 Å². The summed E-state index contributed by atoms with van der Waals surface area (Å²) < 4.78 is -1.07. The summed E-state index contributed by atoms with van der Waals surface area (Å²) >= 11 is 0. The van der Waals surface area contributed by atoms with E-state index in [0.717, 1.165) is 0 Å². The molecule has 0 radical (unpaired) electrons. The van der Waals surface area contributed by atoms with Gasteiger partial charge >= 0.3 is 23.9 Å². The highest BCUT2D eigenvalue weighted by molar-refractivity contribution is 5.75. The highest BCUT2D eigenvalue weighted by atomic mass is 16.4. The first kappa shape index (κ1) is 21.1. The number of rotatable bonds is 9. The number of hydrogen-bond acceptors (Lipinski definition) is 6. The van der Waals surface area contributed by atoms with Gasteiger partial charge in [-0.1, -0.05) is 0 Å². The van der Waals surface area contributed by atoms with E-state index in [1.807, 2.05) is 0 Å². The van der Waals surface area contributed by atoms with Crippen molar-refractivity contribution in [1.82, 2.24) is 0 Å². The zero-order valence-corrected chi connectivity index (χ0v) is 11.1. The topological polar surface area (TPSA) is 195 Å². The zero-order valence-electron chi connectivity index (χ0n) is 11.1. The molecule has 0 atom stereocenters. The molecule has 122 valence electrons. The summed E-state index contributed by atoms with van der Waals surface area (Å²) in [6.07, 6.45) is 0. The summed E-state index contributed by atoms with van der Waals surface area (Å²) in [6.45, 7) is -3.06. The normalized spacial score (nSPS) is 10.2. The van der Waals surface area contributed by atoms with Gasteiger partial charge in [0.1, 0.15) is 0 Å². The van der Waals surface area contributed by atoms with Crippen LogP contribution in [0.1, 0.15) is 0 Å². The van der Waals surface area contributed by atoms with Crippen molar-refractivity contribution in [2.75, 3.05) is 39.3 Å². The summed E-state index contributed by atoms with van der Waals surface area (Å²) in [5, 5.41) is 42.1. The van der Waals surface area contributed by atoms with Gasteiger partial charge in [-0.3, -0.25) is 4.48 Å². The Labute approximate surface area is 119 Å². The van der Waals surface area contributed by atoms with Crippen molar-refractivity contribution in [2.45, 2.75) is 0 Å². The van der Waals surface area contributed by atoms with Gasteiger partial charge < -0.3 is 31.3 Å². The quantitative estimate of drug-likeness (QED) is 0.240. The van der Waals surface area contributed by atoms with Crippen LogP contribution in [0.4, 0.5) is 0 Å². The van der Waals surface area contributed by atoms with E-state index < -0.39 is 54.5 Å². The van der Waals surface area contributed by atoms with Crippen LogP contribution in [0.5, 0.6) is 0 Å². The third-order valence-electron chi connectivity index (χ3n) is 2.01. The number of hydrogen-bond donors (Lipinski definition) is 6. The lowest BCUT2D eigenvalue weighted by molar-refractivity contribution is -0.900. The molecule has 0 amide bonds.